The third-order valence-corrected chi connectivity index (χ3v) is 9.26. The van der Waals surface area contributed by atoms with Gasteiger partial charge in [0.15, 0.2) is 0 Å². The van der Waals surface area contributed by atoms with Crippen LogP contribution < -0.4 is 4.74 Å². The summed E-state index contributed by atoms with van der Waals surface area (Å²) < 4.78 is 10.9. The quantitative estimate of drug-likeness (QED) is 0.128. The van der Waals surface area contributed by atoms with E-state index in [1.54, 1.807) is 0 Å². The Morgan fingerprint density at radius 2 is 1.24 bits per heavy atom. The molecule has 0 N–H and O–H groups in total. The van der Waals surface area contributed by atoms with Gasteiger partial charge in [-0.05, 0) is 51.7 Å². The first-order chi connectivity index (χ1) is 24.3. The largest absolute Gasteiger partial charge is 2.00 e. The first kappa shape index (κ1) is 30.1. The van der Waals surface area contributed by atoms with Crippen LogP contribution in [0.3, 0.4) is 0 Å². The van der Waals surface area contributed by atoms with Crippen molar-refractivity contribution < 1.29 is 25.8 Å². The van der Waals surface area contributed by atoms with E-state index in [1.165, 1.54) is 5.56 Å². The van der Waals surface area contributed by atoms with Crippen molar-refractivity contribution in [2.24, 2.45) is 0 Å². The Labute approximate surface area is 302 Å². The molecule has 0 aliphatic carbocycles. The number of imidazole rings is 1. The van der Waals surface area contributed by atoms with Gasteiger partial charge in [-0.3, -0.25) is 4.98 Å². The van der Waals surface area contributed by atoms with E-state index in [2.05, 4.69) is 123 Å². The van der Waals surface area contributed by atoms with Crippen LogP contribution in [0.2, 0.25) is 0 Å². The predicted molar refractivity (Wildman–Crippen MR) is 197 cm³/mol. The number of aromatic nitrogens is 4. The first-order valence-electron chi connectivity index (χ1n) is 16.2. The summed E-state index contributed by atoms with van der Waals surface area (Å²) in [4.78, 5) is 9.63. The minimum atomic E-state index is 0. The van der Waals surface area contributed by atoms with Crippen molar-refractivity contribution in [1.82, 2.24) is 18.9 Å². The van der Waals surface area contributed by atoms with E-state index < -0.39 is 0 Å². The van der Waals surface area contributed by atoms with E-state index in [0.717, 1.165) is 71.8 Å². The Morgan fingerprint density at radius 3 is 2.04 bits per heavy atom. The third-order valence-electron chi connectivity index (χ3n) is 9.26. The van der Waals surface area contributed by atoms with Gasteiger partial charge in [0.2, 0.25) is 0 Å². The summed E-state index contributed by atoms with van der Waals surface area (Å²) in [5, 5.41) is 5.30. The number of para-hydroxylation sites is 1. The molecule has 6 heteroatoms. The zero-order chi connectivity index (χ0) is 32.3. The number of benzene rings is 6. The van der Waals surface area contributed by atoms with Crippen molar-refractivity contribution >= 4 is 49.1 Å². The van der Waals surface area contributed by atoms with E-state index in [0.29, 0.717) is 11.5 Å². The van der Waals surface area contributed by atoms with Crippen LogP contribution in [-0.4, -0.2) is 18.9 Å². The van der Waals surface area contributed by atoms with Gasteiger partial charge in [-0.25, -0.2) is 4.98 Å². The number of hydrogen-bond acceptors (Lipinski definition) is 3. The van der Waals surface area contributed by atoms with E-state index >= 15 is 0 Å². The second-order valence-electron chi connectivity index (χ2n) is 12.1. The maximum absolute atomic E-state index is 6.55. The van der Waals surface area contributed by atoms with Crippen molar-refractivity contribution in [3.8, 4) is 39.7 Å². The molecule has 0 aliphatic heterocycles. The van der Waals surface area contributed by atoms with Gasteiger partial charge in [0, 0.05) is 34.9 Å². The van der Waals surface area contributed by atoms with Crippen molar-refractivity contribution in [2.75, 3.05) is 0 Å². The average molecular weight is 822 g/mol. The Kier molecular flexibility index (Phi) is 7.30. The van der Waals surface area contributed by atoms with E-state index in [1.807, 2.05) is 60.9 Å². The standard InChI is InChI=1S/C44H26N4O.Pt/c1-3-11-29(12-4-1)31-18-23-40-37(25-31)34-21-19-32(26-38(34)44-46-28-42(48(40)44)30-13-5-2-6-14-30)49-33-20-22-36-35-15-7-8-16-39(35)47(41(36)27-33)43-17-9-10-24-45-43;/h1-25,28H;/q-2;+2. The van der Waals surface area contributed by atoms with Crippen LogP contribution in [0, 0.1) is 12.1 Å². The molecule has 5 nitrogen and oxygen atoms in total. The number of rotatable bonds is 5. The molecule has 0 saturated carbocycles. The summed E-state index contributed by atoms with van der Waals surface area (Å²) in [5.74, 6) is 2.02. The second-order valence-corrected chi connectivity index (χ2v) is 12.1. The van der Waals surface area contributed by atoms with Crippen LogP contribution in [0.15, 0.2) is 158 Å². The molecule has 10 aromatic rings. The first-order valence-corrected chi connectivity index (χ1v) is 16.2. The van der Waals surface area contributed by atoms with Gasteiger partial charge in [0.25, 0.3) is 0 Å². The monoisotopic (exact) mass is 821 g/mol. The molecule has 238 valence electrons. The van der Waals surface area contributed by atoms with Gasteiger partial charge in [-0.15, -0.1) is 29.7 Å². The maximum atomic E-state index is 6.55. The summed E-state index contributed by atoms with van der Waals surface area (Å²) >= 11 is 0. The number of hydrogen-bond donors (Lipinski definition) is 0. The van der Waals surface area contributed by atoms with E-state index in [4.69, 9.17) is 9.72 Å². The molecule has 0 unspecified atom stereocenters. The molecular formula is C44H26N4OPt. The maximum Gasteiger partial charge on any atom is 2.00 e. The van der Waals surface area contributed by atoms with Gasteiger partial charge >= 0.3 is 21.1 Å². The van der Waals surface area contributed by atoms with Gasteiger partial charge in [0.05, 0.1) is 11.3 Å². The molecule has 6 aromatic carbocycles. The van der Waals surface area contributed by atoms with Gasteiger partial charge in [0.1, 0.15) is 5.82 Å². The summed E-state index contributed by atoms with van der Waals surface area (Å²) in [6, 6.07) is 57.2. The van der Waals surface area contributed by atoms with Crippen molar-refractivity contribution in [3.63, 3.8) is 0 Å². The van der Waals surface area contributed by atoms with Crippen LogP contribution in [0.5, 0.6) is 11.5 Å². The average Bonchev–Trinajstić information content (AvgIpc) is 3.76. The number of nitrogens with zero attached hydrogens (tertiary/aromatic N) is 4. The molecule has 0 spiro atoms. The third kappa shape index (κ3) is 4.81. The topological polar surface area (TPSA) is 44.3 Å². The van der Waals surface area contributed by atoms with E-state index in [9.17, 15) is 0 Å². The second kappa shape index (κ2) is 12.1. The number of ether oxygens (including phenoxy) is 1. The Balaban J connectivity index is 0.00000336. The van der Waals surface area contributed by atoms with Crippen LogP contribution in [0.1, 0.15) is 0 Å². The fourth-order valence-corrected chi connectivity index (χ4v) is 7.05. The Morgan fingerprint density at radius 1 is 0.520 bits per heavy atom. The zero-order valence-corrected chi connectivity index (χ0v) is 28.8. The fraction of sp³-hybridized carbons (Fsp3) is 0. The molecule has 0 aliphatic rings. The molecule has 50 heavy (non-hydrogen) atoms. The SMILES string of the molecule is [Pt+2].[c-]1c(Oc2[c-]c3c(cc2)c2ccccc2n3-c2ccccn2)ccc2c1c1ncc(-c3ccccc3)n1c1ccc(-c3ccccc3)cc21. The zero-order valence-electron chi connectivity index (χ0n) is 26.5. The molecule has 0 atom stereocenters. The molecule has 4 heterocycles. The molecule has 0 amide bonds. The van der Waals surface area contributed by atoms with Crippen LogP contribution in [0.4, 0.5) is 0 Å². The summed E-state index contributed by atoms with van der Waals surface area (Å²) in [7, 11) is 0. The number of pyridine rings is 2. The van der Waals surface area contributed by atoms with Crippen LogP contribution in [-0.2, 0) is 21.1 Å². The molecule has 0 bridgehead atoms. The normalized spacial score (nSPS) is 11.4. The van der Waals surface area contributed by atoms with Crippen molar-refractivity contribution in [3.05, 3.63) is 170 Å². The molecule has 0 radical (unpaired) electrons. The van der Waals surface area contributed by atoms with Crippen LogP contribution in [0.25, 0.3) is 77.3 Å². The smallest absolute Gasteiger partial charge is 0.503 e. The molecule has 0 saturated heterocycles. The predicted octanol–water partition coefficient (Wildman–Crippen LogP) is 10.9. The minimum absolute atomic E-state index is 0. The Bertz CT molecular complexity index is 2850. The molecule has 0 fully saturated rings. The Hall–Kier alpha value is -6.03. The number of fused-ring (bicyclic) bond motifs is 9. The molecular weight excluding hydrogens is 796 g/mol. The van der Waals surface area contributed by atoms with Crippen molar-refractivity contribution in [1.29, 1.82) is 0 Å². The van der Waals surface area contributed by atoms with Crippen molar-refractivity contribution in [2.45, 2.75) is 0 Å². The van der Waals surface area contributed by atoms with E-state index in [-0.39, 0.29) is 21.1 Å². The molecule has 4 aromatic heterocycles. The van der Waals surface area contributed by atoms with Gasteiger partial charge < -0.3 is 13.7 Å². The van der Waals surface area contributed by atoms with Gasteiger partial charge in [-0.1, -0.05) is 119 Å². The van der Waals surface area contributed by atoms with Gasteiger partial charge in [-0.2, -0.15) is 6.07 Å². The summed E-state index contributed by atoms with van der Waals surface area (Å²) in [6.07, 6.45) is 3.76. The summed E-state index contributed by atoms with van der Waals surface area (Å²) in [6.45, 7) is 0. The minimum Gasteiger partial charge on any atom is -0.503 e. The fourth-order valence-electron chi connectivity index (χ4n) is 7.05. The summed E-state index contributed by atoms with van der Waals surface area (Å²) in [5.41, 5.74) is 8.33. The molecule has 10 rings (SSSR count). The van der Waals surface area contributed by atoms with Crippen LogP contribution >= 0.6 is 0 Å².